The van der Waals surface area contributed by atoms with Crippen molar-refractivity contribution in [3.63, 3.8) is 0 Å². The molecule has 0 radical (unpaired) electrons. The van der Waals surface area contributed by atoms with Gasteiger partial charge in [0, 0.05) is 5.69 Å². The quantitative estimate of drug-likeness (QED) is 0.804. The van der Waals surface area contributed by atoms with Gasteiger partial charge in [-0.05, 0) is 25.0 Å². The van der Waals surface area contributed by atoms with Crippen LogP contribution in [0.15, 0.2) is 24.3 Å². The molecule has 1 rings (SSSR count). The number of hydrogen-bond acceptors (Lipinski definition) is 3. The van der Waals surface area contributed by atoms with Gasteiger partial charge in [0.2, 0.25) is 0 Å². The number of carboxylic acid groups (broad SMARTS) is 1. The first kappa shape index (κ1) is 11.6. The van der Waals surface area contributed by atoms with Crippen molar-refractivity contribution in [3.05, 3.63) is 29.8 Å². The molecule has 0 aromatic heterocycles. The molecule has 1 aromatic carbocycles. The van der Waals surface area contributed by atoms with Crippen LogP contribution in [-0.2, 0) is 4.79 Å². The number of hydrogen-bond donors (Lipinski definition) is 1. The Kier molecular flexibility index (Phi) is 3.72. The van der Waals surface area contributed by atoms with Gasteiger partial charge in [0.15, 0.2) is 0 Å². The minimum absolute atomic E-state index is 0.00342. The maximum Gasteiger partial charge on any atom is 0.0681 e. The zero-order chi connectivity index (χ0) is 11.4. The van der Waals surface area contributed by atoms with Crippen molar-refractivity contribution in [1.82, 2.24) is 0 Å². The number of aliphatic carboxylic acids is 1. The highest BCUT2D eigenvalue weighted by Crippen LogP contribution is 2.13. The van der Waals surface area contributed by atoms with Crippen molar-refractivity contribution in [2.45, 2.75) is 26.8 Å². The van der Waals surface area contributed by atoms with E-state index in [1.807, 2.05) is 45.0 Å². The van der Waals surface area contributed by atoms with E-state index in [0.29, 0.717) is 0 Å². The Morgan fingerprint density at radius 2 is 1.80 bits per heavy atom. The summed E-state index contributed by atoms with van der Waals surface area (Å²) in [6.45, 7) is 5.69. The Morgan fingerprint density at radius 1 is 1.27 bits per heavy atom. The Morgan fingerprint density at radius 3 is 2.20 bits per heavy atom. The van der Waals surface area contributed by atoms with Crippen LogP contribution in [-0.4, -0.2) is 12.0 Å². The zero-order valence-corrected chi connectivity index (χ0v) is 9.28. The Balaban J connectivity index is 2.74. The molecule has 15 heavy (non-hydrogen) atoms. The van der Waals surface area contributed by atoms with Crippen LogP contribution in [0, 0.1) is 12.8 Å². The number of carbonyl (C=O) groups is 1. The highest BCUT2D eigenvalue weighted by molar-refractivity contribution is 5.75. The predicted octanol–water partition coefficient (Wildman–Crippen LogP) is 1.18. The van der Waals surface area contributed by atoms with Gasteiger partial charge in [0.1, 0.15) is 0 Å². The summed E-state index contributed by atoms with van der Waals surface area (Å²) in [5.74, 6) is -1.07. The van der Waals surface area contributed by atoms with Gasteiger partial charge in [-0.15, -0.1) is 0 Å². The van der Waals surface area contributed by atoms with Crippen LogP contribution in [0.5, 0.6) is 0 Å². The normalized spacial score (nSPS) is 12.5. The standard InChI is InChI=1S/C12H17NO2/c1-8(2)11(12(14)15)13-10-6-4-9(3)5-7-10/h4-8,11,13H,1-3H3,(H,14,15)/p-1/t11-/m0/s1. The molecule has 1 N–H and O–H groups in total. The van der Waals surface area contributed by atoms with Crippen molar-refractivity contribution >= 4 is 11.7 Å². The van der Waals surface area contributed by atoms with Crippen LogP contribution in [0.4, 0.5) is 5.69 Å². The summed E-state index contributed by atoms with van der Waals surface area (Å²) >= 11 is 0. The highest BCUT2D eigenvalue weighted by Gasteiger charge is 2.13. The van der Waals surface area contributed by atoms with Gasteiger partial charge in [-0.3, -0.25) is 0 Å². The lowest BCUT2D eigenvalue weighted by Gasteiger charge is -2.24. The number of benzene rings is 1. The van der Waals surface area contributed by atoms with Crippen LogP contribution >= 0.6 is 0 Å². The topological polar surface area (TPSA) is 52.2 Å². The van der Waals surface area contributed by atoms with Gasteiger partial charge in [0.05, 0.1) is 12.0 Å². The minimum atomic E-state index is -1.06. The van der Waals surface area contributed by atoms with Gasteiger partial charge in [0.25, 0.3) is 0 Å². The first-order valence-electron chi connectivity index (χ1n) is 5.04. The van der Waals surface area contributed by atoms with Gasteiger partial charge >= 0.3 is 0 Å². The lowest BCUT2D eigenvalue weighted by Crippen LogP contribution is -2.44. The number of aryl methyl sites for hydroxylation is 1. The lowest BCUT2D eigenvalue weighted by molar-refractivity contribution is -0.307. The SMILES string of the molecule is Cc1ccc(N[C@H](C(=O)[O-])C(C)C)cc1. The summed E-state index contributed by atoms with van der Waals surface area (Å²) in [4.78, 5) is 10.8. The molecule has 82 valence electrons. The van der Waals surface area contributed by atoms with Crippen molar-refractivity contribution in [2.24, 2.45) is 5.92 Å². The van der Waals surface area contributed by atoms with Crippen LogP contribution in [0.2, 0.25) is 0 Å². The molecule has 1 aromatic rings. The molecule has 3 heteroatoms. The molecule has 0 bridgehead atoms. The largest absolute Gasteiger partial charge is 0.548 e. The third-order valence-corrected chi connectivity index (χ3v) is 2.29. The molecule has 0 saturated carbocycles. The second kappa shape index (κ2) is 4.82. The lowest BCUT2D eigenvalue weighted by atomic mass is 10.0. The van der Waals surface area contributed by atoms with Gasteiger partial charge in [-0.2, -0.15) is 0 Å². The molecule has 3 nitrogen and oxygen atoms in total. The van der Waals surface area contributed by atoms with Crippen molar-refractivity contribution in [3.8, 4) is 0 Å². The summed E-state index contributed by atoms with van der Waals surface area (Å²) < 4.78 is 0. The Hall–Kier alpha value is -1.51. The molecule has 0 heterocycles. The second-order valence-electron chi connectivity index (χ2n) is 4.05. The Bertz CT molecular complexity index is 330. The van der Waals surface area contributed by atoms with Crippen LogP contribution in [0.3, 0.4) is 0 Å². The van der Waals surface area contributed by atoms with E-state index in [1.54, 1.807) is 0 Å². The van der Waals surface area contributed by atoms with Crippen LogP contribution < -0.4 is 10.4 Å². The van der Waals surface area contributed by atoms with E-state index < -0.39 is 12.0 Å². The highest BCUT2D eigenvalue weighted by atomic mass is 16.4. The third kappa shape index (κ3) is 3.27. The molecule has 0 aliphatic carbocycles. The average Bonchev–Trinajstić information content (AvgIpc) is 2.15. The van der Waals surface area contributed by atoms with Gasteiger partial charge < -0.3 is 15.2 Å². The predicted molar refractivity (Wildman–Crippen MR) is 58.4 cm³/mol. The molecule has 0 aliphatic heterocycles. The zero-order valence-electron chi connectivity index (χ0n) is 9.28. The third-order valence-electron chi connectivity index (χ3n) is 2.29. The number of carbonyl (C=O) groups excluding carboxylic acids is 1. The van der Waals surface area contributed by atoms with E-state index in [0.717, 1.165) is 11.3 Å². The van der Waals surface area contributed by atoms with E-state index >= 15 is 0 Å². The molecule has 0 amide bonds. The van der Waals surface area contributed by atoms with E-state index in [1.165, 1.54) is 0 Å². The first-order valence-corrected chi connectivity index (χ1v) is 5.04. The summed E-state index contributed by atoms with van der Waals surface area (Å²) in [6, 6.07) is 6.97. The monoisotopic (exact) mass is 206 g/mol. The molecule has 0 saturated heterocycles. The molecule has 0 aliphatic rings. The number of nitrogens with one attached hydrogen (secondary N) is 1. The summed E-state index contributed by atoms with van der Waals surface area (Å²) in [5.41, 5.74) is 1.96. The van der Waals surface area contributed by atoms with E-state index in [2.05, 4.69) is 5.32 Å². The second-order valence-corrected chi connectivity index (χ2v) is 4.05. The van der Waals surface area contributed by atoms with Crippen LogP contribution in [0.1, 0.15) is 19.4 Å². The number of rotatable bonds is 4. The molecular weight excluding hydrogens is 190 g/mol. The van der Waals surface area contributed by atoms with Crippen molar-refractivity contribution in [2.75, 3.05) is 5.32 Å². The van der Waals surface area contributed by atoms with E-state index in [-0.39, 0.29) is 5.92 Å². The summed E-state index contributed by atoms with van der Waals surface area (Å²) in [5, 5.41) is 13.8. The van der Waals surface area contributed by atoms with E-state index in [4.69, 9.17) is 0 Å². The molecule has 0 spiro atoms. The van der Waals surface area contributed by atoms with Gasteiger partial charge in [-0.25, -0.2) is 0 Å². The Labute approximate surface area is 90.1 Å². The fraction of sp³-hybridized carbons (Fsp3) is 0.417. The molecule has 0 unspecified atom stereocenters. The van der Waals surface area contributed by atoms with Crippen molar-refractivity contribution < 1.29 is 9.90 Å². The first-order chi connectivity index (χ1) is 7.00. The molecule has 1 atom stereocenters. The minimum Gasteiger partial charge on any atom is -0.548 e. The number of carboxylic acids is 1. The van der Waals surface area contributed by atoms with Crippen molar-refractivity contribution in [1.29, 1.82) is 0 Å². The van der Waals surface area contributed by atoms with Crippen LogP contribution in [0.25, 0.3) is 0 Å². The molecule has 0 fully saturated rings. The summed E-state index contributed by atoms with van der Waals surface area (Å²) in [6.07, 6.45) is 0. The maximum absolute atomic E-state index is 10.8. The maximum atomic E-state index is 10.8. The average molecular weight is 206 g/mol. The fourth-order valence-corrected chi connectivity index (χ4v) is 1.33. The molecular formula is C12H16NO2-. The van der Waals surface area contributed by atoms with E-state index in [9.17, 15) is 9.90 Å². The van der Waals surface area contributed by atoms with Gasteiger partial charge in [-0.1, -0.05) is 31.5 Å². The smallest absolute Gasteiger partial charge is 0.0681 e. The fourth-order valence-electron chi connectivity index (χ4n) is 1.33. The number of anilines is 1. The summed E-state index contributed by atoms with van der Waals surface area (Å²) in [7, 11) is 0.